The van der Waals surface area contributed by atoms with Gasteiger partial charge < -0.3 is 0 Å². The largest absolute Gasteiger partial charge is 0.271 e. The van der Waals surface area contributed by atoms with Gasteiger partial charge in [-0.05, 0) is 45.9 Å². The molecule has 0 saturated heterocycles. The van der Waals surface area contributed by atoms with Gasteiger partial charge in [-0.3, -0.25) is 9.80 Å². The number of hydrazine groups is 1. The monoisotopic (exact) mass is 254 g/mol. The quantitative estimate of drug-likeness (QED) is 0.838. The zero-order valence-corrected chi connectivity index (χ0v) is 11.5. The van der Waals surface area contributed by atoms with E-state index in [4.69, 9.17) is 11.6 Å². The number of halogens is 1. The van der Waals surface area contributed by atoms with E-state index in [1.54, 1.807) is 29.3 Å². The Balaban J connectivity index is 2.92. The molecule has 0 aliphatic heterocycles. The number of benzene rings is 1. The molecule has 0 heterocycles. The summed E-state index contributed by atoms with van der Waals surface area (Å²) in [5.41, 5.74) is 3.73. The minimum Gasteiger partial charge on any atom is -0.271 e. The van der Waals surface area contributed by atoms with Crippen LogP contribution in [-0.2, 0) is 0 Å². The summed E-state index contributed by atoms with van der Waals surface area (Å²) in [6.07, 6.45) is 0. The summed E-state index contributed by atoms with van der Waals surface area (Å²) < 4.78 is 0. The lowest BCUT2D eigenvalue weighted by atomic mass is 10.2. The second-order valence-corrected chi connectivity index (χ2v) is 5.00. The van der Waals surface area contributed by atoms with Gasteiger partial charge in [0.15, 0.2) is 0 Å². The van der Waals surface area contributed by atoms with Crippen molar-refractivity contribution in [1.29, 1.82) is 0 Å². The first kappa shape index (κ1) is 14.0. The Morgan fingerprint density at radius 2 is 1.94 bits per heavy atom. The van der Waals surface area contributed by atoms with E-state index in [0.717, 1.165) is 0 Å². The molecule has 17 heavy (non-hydrogen) atoms. The van der Waals surface area contributed by atoms with Crippen LogP contribution in [0.15, 0.2) is 24.3 Å². The van der Waals surface area contributed by atoms with E-state index in [0.29, 0.717) is 10.6 Å². The molecule has 0 aliphatic rings. The molecule has 1 N–H and O–H groups in total. The standard InChI is InChI=1S/C13H19ClN2O/c1-9(2)15-16(10(3)4)13(17)11-6-5-7-12(14)8-11/h5-10,15H,1-4H3. The molecule has 0 atom stereocenters. The van der Waals surface area contributed by atoms with Crippen LogP contribution >= 0.6 is 11.6 Å². The van der Waals surface area contributed by atoms with Crippen molar-refractivity contribution in [3.05, 3.63) is 34.9 Å². The van der Waals surface area contributed by atoms with E-state index >= 15 is 0 Å². The number of nitrogens with one attached hydrogen (secondary N) is 1. The number of nitrogens with zero attached hydrogens (tertiary/aromatic N) is 1. The van der Waals surface area contributed by atoms with Gasteiger partial charge in [-0.25, -0.2) is 5.43 Å². The molecule has 0 radical (unpaired) electrons. The number of rotatable bonds is 4. The van der Waals surface area contributed by atoms with Crippen molar-refractivity contribution in [2.75, 3.05) is 0 Å². The van der Waals surface area contributed by atoms with Crippen molar-refractivity contribution in [2.45, 2.75) is 39.8 Å². The minimum atomic E-state index is -0.0591. The summed E-state index contributed by atoms with van der Waals surface area (Å²) in [7, 11) is 0. The van der Waals surface area contributed by atoms with Gasteiger partial charge >= 0.3 is 0 Å². The van der Waals surface area contributed by atoms with Crippen molar-refractivity contribution in [1.82, 2.24) is 10.4 Å². The first-order valence-corrected chi connectivity index (χ1v) is 6.15. The molecule has 0 bridgehead atoms. The highest BCUT2D eigenvalue weighted by molar-refractivity contribution is 6.30. The molecule has 0 aliphatic carbocycles. The Labute approximate surface area is 108 Å². The van der Waals surface area contributed by atoms with Crippen LogP contribution in [0.3, 0.4) is 0 Å². The predicted octanol–water partition coefficient (Wildman–Crippen LogP) is 3.10. The third kappa shape index (κ3) is 4.02. The Bertz CT molecular complexity index is 391. The molecule has 4 heteroatoms. The molecular weight excluding hydrogens is 236 g/mol. The van der Waals surface area contributed by atoms with Gasteiger partial charge in [-0.15, -0.1) is 0 Å². The fourth-order valence-corrected chi connectivity index (χ4v) is 1.67. The van der Waals surface area contributed by atoms with E-state index in [9.17, 15) is 4.79 Å². The third-order valence-electron chi connectivity index (χ3n) is 2.20. The first-order valence-electron chi connectivity index (χ1n) is 5.77. The Morgan fingerprint density at radius 1 is 1.29 bits per heavy atom. The molecule has 1 rings (SSSR count). The maximum absolute atomic E-state index is 12.3. The van der Waals surface area contributed by atoms with Crippen molar-refractivity contribution in [3.8, 4) is 0 Å². The fourth-order valence-electron chi connectivity index (χ4n) is 1.48. The summed E-state index contributed by atoms with van der Waals surface area (Å²) in [6, 6.07) is 7.29. The molecule has 0 spiro atoms. The number of carbonyl (C=O) groups is 1. The van der Waals surface area contributed by atoms with Crippen LogP contribution < -0.4 is 5.43 Å². The van der Waals surface area contributed by atoms with Crippen molar-refractivity contribution < 1.29 is 4.79 Å². The summed E-state index contributed by atoms with van der Waals surface area (Å²) in [5, 5.41) is 2.21. The number of hydrogen-bond donors (Lipinski definition) is 1. The maximum atomic E-state index is 12.3. The zero-order chi connectivity index (χ0) is 13.0. The van der Waals surface area contributed by atoms with E-state index in [1.165, 1.54) is 0 Å². The lowest BCUT2D eigenvalue weighted by molar-refractivity contribution is 0.0550. The molecule has 0 aromatic heterocycles. The summed E-state index contributed by atoms with van der Waals surface area (Å²) >= 11 is 5.89. The molecule has 3 nitrogen and oxygen atoms in total. The molecule has 0 fully saturated rings. The Kier molecular flexibility index (Phi) is 4.97. The van der Waals surface area contributed by atoms with Crippen molar-refractivity contribution in [2.24, 2.45) is 0 Å². The highest BCUT2D eigenvalue weighted by Crippen LogP contribution is 2.13. The summed E-state index contributed by atoms with van der Waals surface area (Å²) in [5.74, 6) is -0.0591. The smallest absolute Gasteiger partial charge is 0.268 e. The van der Waals surface area contributed by atoms with Gasteiger partial charge in [0, 0.05) is 22.7 Å². The molecule has 1 amide bonds. The summed E-state index contributed by atoms with van der Waals surface area (Å²) in [6.45, 7) is 7.94. The second kappa shape index (κ2) is 6.03. The van der Waals surface area contributed by atoms with Crippen LogP contribution in [0.2, 0.25) is 5.02 Å². The van der Waals surface area contributed by atoms with Crippen LogP contribution in [0.4, 0.5) is 0 Å². The van der Waals surface area contributed by atoms with Crippen LogP contribution in [0, 0.1) is 0 Å². The molecule has 0 unspecified atom stereocenters. The van der Waals surface area contributed by atoms with Crippen molar-refractivity contribution >= 4 is 17.5 Å². The Morgan fingerprint density at radius 3 is 2.41 bits per heavy atom. The zero-order valence-electron chi connectivity index (χ0n) is 10.7. The highest BCUT2D eigenvalue weighted by atomic mass is 35.5. The SMILES string of the molecule is CC(C)NN(C(=O)c1cccc(Cl)c1)C(C)C. The van der Waals surface area contributed by atoms with Gasteiger partial charge in [0.05, 0.1) is 0 Å². The topological polar surface area (TPSA) is 32.3 Å². The average molecular weight is 255 g/mol. The van der Waals surface area contributed by atoms with Crippen LogP contribution in [-0.4, -0.2) is 23.0 Å². The van der Waals surface area contributed by atoms with Gasteiger partial charge in [-0.2, -0.15) is 0 Å². The molecule has 0 saturated carbocycles. The minimum absolute atomic E-state index is 0.0591. The molecule has 1 aromatic rings. The average Bonchev–Trinajstić information content (AvgIpc) is 2.24. The van der Waals surface area contributed by atoms with Gasteiger partial charge in [0.1, 0.15) is 0 Å². The number of hydrogen-bond acceptors (Lipinski definition) is 2. The Hall–Kier alpha value is -1.06. The summed E-state index contributed by atoms with van der Waals surface area (Å²) in [4.78, 5) is 12.3. The van der Waals surface area contributed by atoms with Gasteiger partial charge in [0.25, 0.3) is 5.91 Å². The third-order valence-corrected chi connectivity index (χ3v) is 2.44. The van der Waals surface area contributed by atoms with E-state index in [-0.39, 0.29) is 18.0 Å². The molecular formula is C13H19ClN2O. The maximum Gasteiger partial charge on any atom is 0.268 e. The van der Waals surface area contributed by atoms with E-state index in [2.05, 4.69) is 5.43 Å². The van der Waals surface area contributed by atoms with Crippen LogP contribution in [0.25, 0.3) is 0 Å². The highest BCUT2D eigenvalue weighted by Gasteiger charge is 2.19. The van der Waals surface area contributed by atoms with Crippen LogP contribution in [0.5, 0.6) is 0 Å². The van der Waals surface area contributed by atoms with Crippen LogP contribution in [0.1, 0.15) is 38.1 Å². The number of amides is 1. The predicted molar refractivity (Wildman–Crippen MR) is 71.0 cm³/mol. The molecule has 1 aromatic carbocycles. The lowest BCUT2D eigenvalue weighted by Crippen LogP contribution is -2.50. The van der Waals surface area contributed by atoms with E-state index in [1.807, 2.05) is 27.7 Å². The normalized spacial score (nSPS) is 11.0. The van der Waals surface area contributed by atoms with E-state index < -0.39 is 0 Å². The van der Waals surface area contributed by atoms with Gasteiger partial charge in [-0.1, -0.05) is 17.7 Å². The van der Waals surface area contributed by atoms with Crippen molar-refractivity contribution in [3.63, 3.8) is 0 Å². The number of carbonyl (C=O) groups excluding carboxylic acids is 1. The lowest BCUT2D eigenvalue weighted by Gasteiger charge is -2.29. The fraction of sp³-hybridized carbons (Fsp3) is 0.462. The van der Waals surface area contributed by atoms with Gasteiger partial charge in [0.2, 0.25) is 0 Å². The second-order valence-electron chi connectivity index (χ2n) is 4.56. The first-order chi connectivity index (χ1) is 7.91. The molecule has 94 valence electrons.